The number of nitro benzene ring substituents is 1. The third-order valence-corrected chi connectivity index (χ3v) is 3.57. The van der Waals surface area contributed by atoms with Crippen molar-refractivity contribution in [2.45, 2.75) is 19.8 Å². The van der Waals surface area contributed by atoms with E-state index in [0.717, 1.165) is 5.56 Å². The molecule has 0 aliphatic rings. The molecule has 2 amide bonds. The zero-order chi connectivity index (χ0) is 16.8. The van der Waals surface area contributed by atoms with Crippen LogP contribution in [0.5, 0.6) is 0 Å². The summed E-state index contributed by atoms with van der Waals surface area (Å²) in [5.74, 6) is -0.806. The van der Waals surface area contributed by atoms with Crippen LogP contribution in [0.15, 0.2) is 29.8 Å². The summed E-state index contributed by atoms with van der Waals surface area (Å²) in [4.78, 5) is 37.8. The van der Waals surface area contributed by atoms with Gasteiger partial charge in [0.2, 0.25) is 11.8 Å². The second-order valence-corrected chi connectivity index (χ2v) is 5.61. The number of nitro groups is 1. The van der Waals surface area contributed by atoms with Crippen molar-refractivity contribution in [2.75, 3.05) is 10.6 Å². The van der Waals surface area contributed by atoms with Crippen LogP contribution in [0.25, 0.3) is 0 Å². The van der Waals surface area contributed by atoms with E-state index in [1.165, 1.54) is 23.5 Å². The van der Waals surface area contributed by atoms with Crippen molar-refractivity contribution in [2.24, 2.45) is 0 Å². The smallest absolute Gasteiger partial charge is 0.293 e. The van der Waals surface area contributed by atoms with Crippen LogP contribution < -0.4 is 10.6 Å². The molecule has 0 bridgehead atoms. The maximum Gasteiger partial charge on any atom is 0.293 e. The molecule has 2 N–H and O–H groups in total. The molecule has 0 unspecified atom stereocenters. The molecule has 0 fully saturated rings. The fourth-order valence-corrected chi connectivity index (χ4v) is 2.35. The van der Waals surface area contributed by atoms with Crippen LogP contribution in [-0.2, 0) is 9.59 Å². The minimum absolute atomic E-state index is 0.0366. The summed E-state index contributed by atoms with van der Waals surface area (Å²) in [6.07, 6.45) is 1.44. The average molecular weight is 334 g/mol. The lowest BCUT2D eigenvalue weighted by Crippen LogP contribution is -2.17. The van der Waals surface area contributed by atoms with Gasteiger partial charge in [0.1, 0.15) is 5.69 Å². The molecule has 0 atom stereocenters. The monoisotopic (exact) mass is 334 g/mol. The molecule has 0 aliphatic carbocycles. The van der Waals surface area contributed by atoms with Gasteiger partial charge in [0.25, 0.3) is 5.69 Å². The summed E-state index contributed by atoms with van der Waals surface area (Å²) in [6.45, 7) is 1.72. The van der Waals surface area contributed by atoms with Crippen molar-refractivity contribution in [3.05, 3.63) is 45.5 Å². The Balaban J connectivity index is 1.90. The zero-order valence-corrected chi connectivity index (χ0v) is 13.1. The van der Waals surface area contributed by atoms with E-state index in [-0.39, 0.29) is 30.1 Å². The molecule has 2 aromatic rings. The predicted octanol–water partition coefficient (Wildman–Crippen LogP) is 2.72. The molecule has 1 aromatic carbocycles. The summed E-state index contributed by atoms with van der Waals surface area (Å²) in [5.41, 5.74) is 0.661. The lowest BCUT2D eigenvalue weighted by atomic mass is 10.2. The molecule has 120 valence electrons. The molecule has 2 rings (SSSR count). The van der Waals surface area contributed by atoms with Gasteiger partial charge in [-0.2, -0.15) is 0 Å². The highest BCUT2D eigenvalue weighted by atomic mass is 32.1. The number of anilines is 2. The molecular weight excluding hydrogens is 320 g/mol. The Hall–Kier alpha value is -2.81. The van der Waals surface area contributed by atoms with Gasteiger partial charge >= 0.3 is 0 Å². The number of aryl methyl sites for hydroxylation is 1. The van der Waals surface area contributed by atoms with Gasteiger partial charge in [0.05, 0.1) is 4.92 Å². The number of benzene rings is 1. The Morgan fingerprint density at radius 1 is 1.26 bits per heavy atom. The highest BCUT2D eigenvalue weighted by Crippen LogP contribution is 2.25. The van der Waals surface area contributed by atoms with Gasteiger partial charge in [-0.15, -0.1) is 11.3 Å². The van der Waals surface area contributed by atoms with Gasteiger partial charge in [-0.05, 0) is 18.6 Å². The second kappa shape index (κ2) is 7.45. The Morgan fingerprint density at radius 2 is 1.96 bits per heavy atom. The minimum atomic E-state index is -0.558. The predicted molar refractivity (Wildman–Crippen MR) is 86.4 cm³/mol. The van der Waals surface area contributed by atoms with E-state index >= 15 is 0 Å². The molecule has 0 saturated heterocycles. The first-order chi connectivity index (χ1) is 11.0. The van der Waals surface area contributed by atoms with Crippen LogP contribution in [0, 0.1) is 17.0 Å². The van der Waals surface area contributed by atoms with Gasteiger partial charge in [-0.1, -0.05) is 6.07 Å². The number of carbonyl (C=O) groups is 2. The Morgan fingerprint density at radius 3 is 2.57 bits per heavy atom. The van der Waals surface area contributed by atoms with Gasteiger partial charge in [-0.3, -0.25) is 19.7 Å². The lowest BCUT2D eigenvalue weighted by Gasteiger charge is -2.06. The van der Waals surface area contributed by atoms with Gasteiger partial charge in [0.15, 0.2) is 5.13 Å². The minimum Gasteiger partial charge on any atom is -0.320 e. The first kappa shape index (κ1) is 16.6. The number of rotatable bonds is 6. The quantitative estimate of drug-likeness (QED) is 0.622. The standard InChI is InChI=1S/C14H14N4O4S/c1-9-2-3-10(11(8-9)18(21)22)16-12(19)4-5-13(20)17-14-15-6-7-23-14/h2-3,6-8H,4-5H2,1H3,(H,16,19)(H,15,17,20). The molecule has 1 aromatic heterocycles. The largest absolute Gasteiger partial charge is 0.320 e. The second-order valence-electron chi connectivity index (χ2n) is 4.71. The van der Waals surface area contributed by atoms with Gasteiger partial charge in [0, 0.05) is 30.5 Å². The van der Waals surface area contributed by atoms with Crippen molar-refractivity contribution in [1.82, 2.24) is 4.98 Å². The Kier molecular flexibility index (Phi) is 5.36. The van der Waals surface area contributed by atoms with E-state index in [1.807, 2.05) is 0 Å². The highest BCUT2D eigenvalue weighted by molar-refractivity contribution is 7.13. The number of hydrogen-bond acceptors (Lipinski definition) is 6. The highest BCUT2D eigenvalue weighted by Gasteiger charge is 2.16. The maximum atomic E-state index is 11.9. The molecule has 0 aliphatic heterocycles. The first-order valence-corrected chi connectivity index (χ1v) is 7.58. The number of amides is 2. The van der Waals surface area contributed by atoms with Crippen LogP contribution in [0.3, 0.4) is 0 Å². The van der Waals surface area contributed by atoms with E-state index in [2.05, 4.69) is 15.6 Å². The molecular formula is C14H14N4O4S. The molecule has 8 nitrogen and oxygen atoms in total. The number of aromatic nitrogens is 1. The molecule has 0 saturated carbocycles. The van der Waals surface area contributed by atoms with E-state index < -0.39 is 10.8 Å². The molecule has 0 radical (unpaired) electrons. The van der Waals surface area contributed by atoms with Crippen LogP contribution in [0.4, 0.5) is 16.5 Å². The number of hydrogen-bond donors (Lipinski definition) is 2. The van der Waals surface area contributed by atoms with Crippen molar-refractivity contribution in [3.63, 3.8) is 0 Å². The summed E-state index contributed by atoms with van der Waals surface area (Å²) in [6, 6.07) is 4.52. The fourth-order valence-electron chi connectivity index (χ4n) is 1.81. The Bertz CT molecular complexity index is 730. The number of nitrogens with zero attached hydrogens (tertiary/aromatic N) is 2. The van der Waals surface area contributed by atoms with E-state index in [0.29, 0.717) is 5.13 Å². The van der Waals surface area contributed by atoms with E-state index in [9.17, 15) is 19.7 Å². The third kappa shape index (κ3) is 4.85. The van der Waals surface area contributed by atoms with Crippen molar-refractivity contribution in [1.29, 1.82) is 0 Å². The van der Waals surface area contributed by atoms with Crippen LogP contribution in [0.2, 0.25) is 0 Å². The molecule has 0 spiro atoms. The summed E-state index contributed by atoms with van der Waals surface area (Å²) >= 11 is 1.28. The van der Waals surface area contributed by atoms with Crippen molar-refractivity contribution in [3.8, 4) is 0 Å². The van der Waals surface area contributed by atoms with Crippen molar-refractivity contribution < 1.29 is 14.5 Å². The molecule has 23 heavy (non-hydrogen) atoms. The summed E-state index contributed by atoms with van der Waals surface area (Å²) in [5, 5.41) is 18.2. The van der Waals surface area contributed by atoms with Gasteiger partial charge < -0.3 is 10.6 Å². The summed E-state index contributed by atoms with van der Waals surface area (Å²) in [7, 11) is 0. The van der Waals surface area contributed by atoms with E-state index in [1.54, 1.807) is 24.6 Å². The maximum absolute atomic E-state index is 11.9. The van der Waals surface area contributed by atoms with Crippen LogP contribution in [-0.4, -0.2) is 21.7 Å². The SMILES string of the molecule is Cc1ccc(NC(=O)CCC(=O)Nc2nccs2)c([N+](=O)[O-])c1. The molecule has 1 heterocycles. The number of nitrogens with one attached hydrogen (secondary N) is 2. The topological polar surface area (TPSA) is 114 Å². The molecule has 9 heteroatoms. The van der Waals surface area contributed by atoms with E-state index in [4.69, 9.17) is 0 Å². The third-order valence-electron chi connectivity index (χ3n) is 2.88. The summed E-state index contributed by atoms with van der Waals surface area (Å²) < 4.78 is 0. The normalized spacial score (nSPS) is 10.1. The lowest BCUT2D eigenvalue weighted by molar-refractivity contribution is -0.384. The Labute approximate surface area is 135 Å². The van der Waals surface area contributed by atoms with Crippen LogP contribution in [0.1, 0.15) is 18.4 Å². The van der Waals surface area contributed by atoms with Crippen molar-refractivity contribution >= 4 is 39.7 Å². The fraction of sp³-hybridized carbons (Fsp3) is 0.214. The number of thiazole rings is 1. The zero-order valence-electron chi connectivity index (χ0n) is 12.2. The van der Waals surface area contributed by atoms with Gasteiger partial charge in [-0.25, -0.2) is 4.98 Å². The number of carbonyl (C=O) groups excluding carboxylic acids is 2. The first-order valence-electron chi connectivity index (χ1n) is 6.70. The average Bonchev–Trinajstić information content (AvgIpc) is 2.99. The van der Waals surface area contributed by atoms with Crippen LogP contribution >= 0.6 is 11.3 Å².